The fourth-order valence-corrected chi connectivity index (χ4v) is 3.31. The van der Waals surface area contributed by atoms with Crippen LogP contribution < -0.4 is 5.32 Å². The number of nitrogens with zero attached hydrogens (tertiary/aromatic N) is 2. The number of sulfone groups is 1. The lowest BCUT2D eigenvalue weighted by molar-refractivity contribution is -0.113. The van der Waals surface area contributed by atoms with Crippen molar-refractivity contribution in [2.75, 3.05) is 17.3 Å². The van der Waals surface area contributed by atoms with Gasteiger partial charge in [0, 0.05) is 17.6 Å². The molecule has 1 heterocycles. The number of aryl methyl sites for hydroxylation is 2. The van der Waals surface area contributed by atoms with Crippen molar-refractivity contribution in [2.45, 2.75) is 23.8 Å². The molecule has 0 saturated carbocycles. The largest absolute Gasteiger partial charge is 0.325 e. The van der Waals surface area contributed by atoms with Crippen LogP contribution in [-0.2, 0) is 14.6 Å². The van der Waals surface area contributed by atoms with Crippen molar-refractivity contribution in [1.82, 2.24) is 9.97 Å². The standard InChI is InChI=1S/C15H17N3O3S2/c1-10-8-15(17-11(2)16-10)22-9-14(19)18-12-4-6-13(7-5-12)23(3,20)21/h4-8H,9H2,1-3H3,(H,18,19). The molecule has 0 aliphatic rings. The third-order valence-electron chi connectivity index (χ3n) is 2.86. The van der Waals surface area contributed by atoms with E-state index in [2.05, 4.69) is 15.3 Å². The molecule has 0 bridgehead atoms. The molecule has 0 saturated heterocycles. The lowest BCUT2D eigenvalue weighted by atomic mass is 10.3. The van der Waals surface area contributed by atoms with E-state index in [1.165, 1.54) is 23.9 Å². The summed E-state index contributed by atoms with van der Waals surface area (Å²) in [5.74, 6) is 0.698. The Bertz CT molecular complexity index is 798. The highest BCUT2D eigenvalue weighted by Gasteiger charge is 2.09. The van der Waals surface area contributed by atoms with Crippen LogP contribution >= 0.6 is 11.8 Å². The van der Waals surface area contributed by atoms with Crippen LogP contribution in [0.25, 0.3) is 0 Å². The first kappa shape index (κ1) is 17.4. The number of hydrogen-bond acceptors (Lipinski definition) is 6. The molecule has 0 radical (unpaired) electrons. The molecule has 1 aromatic carbocycles. The zero-order chi connectivity index (χ0) is 17.0. The third kappa shape index (κ3) is 5.33. The predicted molar refractivity (Wildman–Crippen MR) is 90.4 cm³/mol. The van der Waals surface area contributed by atoms with E-state index in [1.54, 1.807) is 19.1 Å². The summed E-state index contributed by atoms with van der Waals surface area (Å²) >= 11 is 1.32. The van der Waals surface area contributed by atoms with Crippen LogP contribution in [0.1, 0.15) is 11.5 Å². The molecule has 2 rings (SSSR count). The van der Waals surface area contributed by atoms with Crippen LogP contribution in [0.3, 0.4) is 0 Å². The summed E-state index contributed by atoms with van der Waals surface area (Å²) in [4.78, 5) is 20.6. The first-order chi connectivity index (χ1) is 10.7. The molecular formula is C15H17N3O3S2. The molecule has 1 amide bonds. The Labute approximate surface area is 139 Å². The van der Waals surface area contributed by atoms with Gasteiger partial charge < -0.3 is 5.32 Å². The summed E-state index contributed by atoms with van der Waals surface area (Å²) in [7, 11) is -3.23. The molecule has 0 aliphatic heterocycles. The topological polar surface area (TPSA) is 89.0 Å². The van der Waals surface area contributed by atoms with Gasteiger partial charge in [0.1, 0.15) is 10.9 Å². The fourth-order valence-electron chi connectivity index (χ4n) is 1.88. The summed E-state index contributed by atoms with van der Waals surface area (Å²) in [6, 6.07) is 7.90. The zero-order valence-corrected chi connectivity index (χ0v) is 14.7. The van der Waals surface area contributed by atoms with E-state index in [0.717, 1.165) is 17.0 Å². The van der Waals surface area contributed by atoms with Crippen LogP contribution in [0.5, 0.6) is 0 Å². The third-order valence-corrected chi connectivity index (χ3v) is 4.90. The second-order valence-corrected chi connectivity index (χ2v) is 8.04. The van der Waals surface area contributed by atoms with Gasteiger partial charge in [-0.2, -0.15) is 0 Å². The molecule has 23 heavy (non-hydrogen) atoms. The molecular weight excluding hydrogens is 334 g/mol. The van der Waals surface area contributed by atoms with E-state index in [0.29, 0.717) is 11.5 Å². The number of nitrogens with one attached hydrogen (secondary N) is 1. The SMILES string of the molecule is Cc1cc(SCC(=O)Nc2ccc(S(C)(=O)=O)cc2)nc(C)n1. The Kier molecular flexibility index (Phi) is 5.38. The Balaban J connectivity index is 1.94. The summed E-state index contributed by atoms with van der Waals surface area (Å²) in [5.41, 5.74) is 1.41. The van der Waals surface area contributed by atoms with Crippen LogP contribution in [-0.4, -0.2) is 36.3 Å². The molecule has 0 fully saturated rings. The van der Waals surface area contributed by atoms with E-state index in [4.69, 9.17) is 0 Å². The molecule has 0 unspecified atom stereocenters. The van der Waals surface area contributed by atoms with Crippen molar-refractivity contribution in [3.8, 4) is 0 Å². The maximum atomic E-state index is 11.9. The van der Waals surface area contributed by atoms with E-state index in [1.807, 2.05) is 13.0 Å². The minimum absolute atomic E-state index is 0.184. The van der Waals surface area contributed by atoms with Gasteiger partial charge in [-0.15, -0.1) is 0 Å². The number of carbonyl (C=O) groups is 1. The molecule has 8 heteroatoms. The highest BCUT2D eigenvalue weighted by Crippen LogP contribution is 2.18. The van der Waals surface area contributed by atoms with Crippen LogP contribution in [0, 0.1) is 13.8 Å². The number of rotatable bonds is 5. The number of carbonyl (C=O) groups excluding carboxylic acids is 1. The number of amides is 1. The van der Waals surface area contributed by atoms with E-state index < -0.39 is 9.84 Å². The molecule has 1 aromatic heterocycles. The number of benzene rings is 1. The fraction of sp³-hybridized carbons (Fsp3) is 0.267. The predicted octanol–water partition coefficient (Wildman–Crippen LogP) is 2.23. The average molecular weight is 351 g/mol. The molecule has 0 aliphatic carbocycles. The number of thioether (sulfide) groups is 1. The van der Waals surface area contributed by atoms with Crippen molar-refractivity contribution in [3.05, 3.63) is 41.9 Å². The molecule has 122 valence electrons. The van der Waals surface area contributed by atoms with Crippen LogP contribution in [0.4, 0.5) is 5.69 Å². The summed E-state index contributed by atoms with van der Waals surface area (Å²) in [5, 5.41) is 3.47. The monoisotopic (exact) mass is 351 g/mol. The first-order valence-corrected chi connectivity index (χ1v) is 9.67. The van der Waals surface area contributed by atoms with Crippen molar-refractivity contribution in [1.29, 1.82) is 0 Å². The summed E-state index contributed by atoms with van der Waals surface area (Å²) < 4.78 is 22.8. The highest BCUT2D eigenvalue weighted by atomic mass is 32.2. The Morgan fingerprint density at radius 3 is 2.39 bits per heavy atom. The maximum absolute atomic E-state index is 11.9. The smallest absolute Gasteiger partial charge is 0.234 e. The van der Waals surface area contributed by atoms with Gasteiger partial charge in [-0.3, -0.25) is 4.79 Å². The Hall–Kier alpha value is -1.93. The normalized spacial score (nSPS) is 11.3. The van der Waals surface area contributed by atoms with Crippen molar-refractivity contribution < 1.29 is 13.2 Å². The number of aromatic nitrogens is 2. The van der Waals surface area contributed by atoms with Crippen LogP contribution in [0.15, 0.2) is 40.3 Å². The Morgan fingerprint density at radius 2 is 1.83 bits per heavy atom. The minimum atomic E-state index is -3.23. The lowest BCUT2D eigenvalue weighted by Gasteiger charge is -2.06. The molecule has 1 N–H and O–H groups in total. The summed E-state index contributed by atoms with van der Waals surface area (Å²) in [6.45, 7) is 3.68. The van der Waals surface area contributed by atoms with Gasteiger partial charge in [0.25, 0.3) is 0 Å². The molecule has 6 nitrogen and oxygen atoms in total. The van der Waals surface area contributed by atoms with Gasteiger partial charge in [-0.1, -0.05) is 11.8 Å². The van der Waals surface area contributed by atoms with Gasteiger partial charge in [0.15, 0.2) is 9.84 Å². The second kappa shape index (κ2) is 7.10. The second-order valence-electron chi connectivity index (χ2n) is 5.03. The first-order valence-electron chi connectivity index (χ1n) is 6.79. The van der Waals surface area contributed by atoms with E-state index in [-0.39, 0.29) is 16.6 Å². The van der Waals surface area contributed by atoms with Gasteiger partial charge >= 0.3 is 0 Å². The molecule has 0 spiro atoms. The van der Waals surface area contributed by atoms with Gasteiger partial charge in [0.05, 0.1) is 10.6 Å². The Morgan fingerprint density at radius 1 is 1.17 bits per heavy atom. The van der Waals surface area contributed by atoms with E-state index in [9.17, 15) is 13.2 Å². The minimum Gasteiger partial charge on any atom is -0.325 e. The van der Waals surface area contributed by atoms with Gasteiger partial charge in [0.2, 0.25) is 5.91 Å². The summed E-state index contributed by atoms with van der Waals surface area (Å²) in [6.07, 6.45) is 1.14. The maximum Gasteiger partial charge on any atom is 0.234 e. The van der Waals surface area contributed by atoms with Crippen molar-refractivity contribution in [2.24, 2.45) is 0 Å². The lowest BCUT2D eigenvalue weighted by Crippen LogP contribution is -2.14. The zero-order valence-electron chi connectivity index (χ0n) is 13.0. The quantitative estimate of drug-likeness (QED) is 0.656. The molecule has 0 atom stereocenters. The highest BCUT2D eigenvalue weighted by molar-refractivity contribution is 7.99. The van der Waals surface area contributed by atoms with Gasteiger partial charge in [-0.05, 0) is 44.2 Å². The van der Waals surface area contributed by atoms with Crippen molar-refractivity contribution in [3.63, 3.8) is 0 Å². The van der Waals surface area contributed by atoms with Gasteiger partial charge in [-0.25, -0.2) is 18.4 Å². The average Bonchev–Trinajstić information content (AvgIpc) is 2.44. The van der Waals surface area contributed by atoms with E-state index >= 15 is 0 Å². The number of anilines is 1. The number of hydrogen-bond donors (Lipinski definition) is 1. The van der Waals surface area contributed by atoms with Crippen molar-refractivity contribution >= 4 is 33.2 Å². The molecule has 2 aromatic rings. The van der Waals surface area contributed by atoms with Crippen LogP contribution in [0.2, 0.25) is 0 Å².